The minimum atomic E-state index is -0.0729. The van der Waals surface area contributed by atoms with Crippen LogP contribution < -0.4 is 0 Å². The summed E-state index contributed by atoms with van der Waals surface area (Å²) in [7, 11) is 0. The van der Waals surface area contributed by atoms with Gasteiger partial charge >= 0.3 is 0 Å². The summed E-state index contributed by atoms with van der Waals surface area (Å²) < 4.78 is 0. The van der Waals surface area contributed by atoms with Gasteiger partial charge in [0.15, 0.2) is 5.69 Å². The van der Waals surface area contributed by atoms with Crippen molar-refractivity contribution in [1.82, 2.24) is 25.0 Å². The first-order valence-corrected chi connectivity index (χ1v) is 10.5. The highest BCUT2D eigenvalue weighted by atomic mass is 16.3. The van der Waals surface area contributed by atoms with E-state index in [4.69, 9.17) is 0 Å². The Kier molecular flexibility index (Phi) is 3.80. The van der Waals surface area contributed by atoms with Crippen molar-refractivity contribution in [3.63, 3.8) is 0 Å². The average Bonchev–Trinajstić information content (AvgIpc) is 3.22. The summed E-state index contributed by atoms with van der Waals surface area (Å²) in [6, 6.07) is 9.70. The molecule has 1 aromatic carbocycles. The van der Waals surface area contributed by atoms with E-state index in [1.165, 1.54) is 0 Å². The van der Waals surface area contributed by atoms with Crippen LogP contribution in [0.25, 0.3) is 10.9 Å². The molecule has 0 radical (unpaired) electrons. The van der Waals surface area contributed by atoms with Crippen molar-refractivity contribution >= 4 is 22.7 Å². The molecule has 3 atom stereocenters. The molecule has 3 aliphatic rings. The number of fused-ring (bicyclic) bond motifs is 3. The van der Waals surface area contributed by atoms with Crippen molar-refractivity contribution < 1.29 is 14.7 Å². The molecule has 2 aromatic heterocycles. The van der Waals surface area contributed by atoms with E-state index >= 15 is 0 Å². The second kappa shape index (κ2) is 6.43. The van der Waals surface area contributed by atoms with Crippen LogP contribution in [0.2, 0.25) is 0 Å². The van der Waals surface area contributed by atoms with E-state index in [1.807, 2.05) is 35.2 Å². The molecule has 1 aliphatic carbocycles. The van der Waals surface area contributed by atoms with E-state index in [-0.39, 0.29) is 18.4 Å². The van der Waals surface area contributed by atoms with Gasteiger partial charge in [0.25, 0.3) is 11.8 Å². The Labute approximate surface area is 172 Å². The molecule has 8 nitrogen and oxygen atoms in total. The molecule has 8 heteroatoms. The Morgan fingerprint density at radius 2 is 1.93 bits per heavy atom. The van der Waals surface area contributed by atoms with Gasteiger partial charge < -0.3 is 19.9 Å². The number of amides is 2. The van der Waals surface area contributed by atoms with E-state index in [9.17, 15) is 14.7 Å². The quantitative estimate of drug-likeness (QED) is 0.613. The summed E-state index contributed by atoms with van der Waals surface area (Å²) in [4.78, 5) is 33.0. The Morgan fingerprint density at radius 3 is 2.70 bits per heavy atom. The zero-order valence-corrected chi connectivity index (χ0v) is 16.5. The number of hydrogen-bond acceptors (Lipinski definition) is 4. The van der Waals surface area contributed by atoms with Gasteiger partial charge in [-0.15, -0.1) is 0 Å². The van der Waals surface area contributed by atoms with E-state index in [0.29, 0.717) is 61.7 Å². The van der Waals surface area contributed by atoms with Gasteiger partial charge in [-0.25, -0.2) is 0 Å². The molecule has 1 saturated heterocycles. The zero-order chi connectivity index (χ0) is 20.4. The molecule has 0 spiro atoms. The van der Waals surface area contributed by atoms with Crippen LogP contribution in [0.1, 0.15) is 32.2 Å². The Balaban J connectivity index is 1.21. The molecule has 0 bridgehead atoms. The molecule has 2 aliphatic heterocycles. The number of nitrogens with one attached hydrogen (secondary N) is 2. The van der Waals surface area contributed by atoms with E-state index in [1.54, 1.807) is 4.90 Å². The Hall–Kier alpha value is -3.13. The number of aliphatic hydroxyl groups is 1. The van der Waals surface area contributed by atoms with Gasteiger partial charge in [0.1, 0.15) is 5.69 Å². The predicted octanol–water partition coefficient (Wildman–Crippen LogP) is 1.40. The summed E-state index contributed by atoms with van der Waals surface area (Å²) >= 11 is 0. The number of likely N-dealkylation sites (tertiary alicyclic amines) is 1. The van der Waals surface area contributed by atoms with Gasteiger partial charge in [0.2, 0.25) is 0 Å². The maximum atomic E-state index is 13.1. The van der Waals surface area contributed by atoms with Crippen LogP contribution in [0.3, 0.4) is 0 Å². The number of aromatic amines is 2. The van der Waals surface area contributed by atoms with Crippen LogP contribution in [-0.2, 0) is 13.0 Å². The Bertz CT molecular complexity index is 1120. The van der Waals surface area contributed by atoms with E-state index in [0.717, 1.165) is 22.2 Å². The molecular weight excluding hydrogens is 382 g/mol. The lowest BCUT2D eigenvalue weighted by molar-refractivity contribution is 0.0712. The summed E-state index contributed by atoms with van der Waals surface area (Å²) in [5.41, 5.74) is 3.70. The number of aliphatic hydroxyl groups excluding tert-OH is 1. The second-order valence-corrected chi connectivity index (χ2v) is 8.66. The molecule has 30 heavy (non-hydrogen) atoms. The molecule has 6 rings (SSSR count). The van der Waals surface area contributed by atoms with Gasteiger partial charge in [-0.3, -0.25) is 14.7 Å². The van der Waals surface area contributed by atoms with Crippen LogP contribution in [0.15, 0.2) is 30.3 Å². The molecule has 3 N–H and O–H groups in total. The minimum absolute atomic E-state index is 0.0651. The fourth-order valence-corrected chi connectivity index (χ4v) is 5.24. The maximum Gasteiger partial charge on any atom is 0.274 e. The Morgan fingerprint density at radius 1 is 1.13 bits per heavy atom. The highest BCUT2D eigenvalue weighted by Gasteiger charge is 2.56. The topological polar surface area (TPSA) is 105 Å². The van der Waals surface area contributed by atoms with Gasteiger partial charge in [0.05, 0.1) is 6.54 Å². The van der Waals surface area contributed by atoms with Crippen LogP contribution in [0.4, 0.5) is 0 Å². The fraction of sp³-hybridized carbons (Fsp3) is 0.409. The van der Waals surface area contributed by atoms with Crippen LogP contribution in [0, 0.1) is 17.8 Å². The monoisotopic (exact) mass is 405 g/mol. The van der Waals surface area contributed by atoms with Crippen LogP contribution in [-0.4, -0.2) is 68.1 Å². The van der Waals surface area contributed by atoms with Gasteiger partial charge in [0, 0.05) is 54.8 Å². The predicted molar refractivity (Wildman–Crippen MR) is 109 cm³/mol. The number of rotatable bonds is 3. The summed E-state index contributed by atoms with van der Waals surface area (Å²) in [5, 5.41) is 17.7. The van der Waals surface area contributed by atoms with Crippen molar-refractivity contribution in [2.24, 2.45) is 17.8 Å². The number of carbonyl (C=O) groups excluding carboxylic acids is 2. The van der Waals surface area contributed by atoms with Crippen LogP contribution >= 0.6 is 0 Å². The van der Waals surface area contributed by atoms with Crippen molar-refractivity contribution in [3.8, 4) is 0 Å². The van der Waals surface area contributed by atoms with Crippen molar-refractivity contribution in [2.75, 3.05) is 26.2 Å². The van der Waals surface area contributed by atoms with Gasteiger partial charge in [-0.05, 0) is 29.9 Å². The lowest BCUT2D eigenvalue weighted by atomic mass is 10.0. The van der Waals surface area contributed by atoms with Crippen molar-refractivity contribution in [3.05, 3.63) is 53.0 Å². The molecule has 154 valence electrons. The average molecular weight is 405 g/mol. The van der Waals surface area contributed by atoms with Gasteiger partial charge in [-0.2, -0.15) is 5.10 Å². The van der Waals surface area contributed by atoms with Crippen molar-refractivity contribution in [2.45, 2.75) is 13.0 Å². The number of piperidine rings is 1. The van der Waals surface area contributed by atoms with Crippen LogP contribution in [0.5, 0.6) is 0 Å². The van der Waals surface area contributed by atoms with Gasteiger partial charge in [-0.1, -0.05) is 18.2 Å². The maximum absolute atomic E-state index is 13.1. The molecule has 0 unspecified atom stereocenters. The molecule has 1 saturated carbocycles. The minimum Gasteiger partial charge on any atom is -0.396 e. The third kappa shape index (κ3) is 2.60. The van der Waals surface area contributed by atoms with Crippen molar-refractivity contribution in [1.29, 1.82) is 0 Å². The molecule has 4 heterocycles. The van der Waals surface area contributed by atoms with E-state index < -0.39 is 0 Å². The standard InChI is InChI=1S/C22H23N5O3/c28-11-16-13-8-27(9-14(13)16)22(30)20-15-10-26(6-5-18(15)24-25-20)21(29)19-7-12-3-1-2-4-17(12)23-19/h1-4,7,13-14,16,23,28H,5-6,8-11H2,(H,24,25)/t13-,14+,16+. The first-order valence-electron chi connectivity index (χ1n) is 10.5. The zero-order valence-electron chi connectivity index (χ0n) is 16.5. The highest BCUT2D eigenvalue weighted by Crippen LogP contribution is 2.51. The fourth-order valence-electron chi connectivity index (χ4n) is 5.24. The smallest absolute Gasteiger partial charge is 0.274 e. The number of H-pyrrole nitrogens is 2. The highest BCUT2D eigenvalue weighted by molar-refractivity contribution is 5.98. The molecule has 2 amide bonds. The second-order valence-electron chi connectivity index (χ2n) is 8.66. The lowest BCUT2D eigenvalue weighted by Gasteiger charge is -2.27. The number of hydrogen-bond donors (Lipinski definition) is 3. The normalized spacial score (nSPS) is 24.8. The SMILES string of the molecule is O=C(c1cc2ccccc2[nH]1)N1CCc2[nH]nc(C(=O)N3C[C@@H]4[C@@H](CO)[C@@H]4C3)c2C1. The third-order valence-electron chi connectivity index (χ3n) is 7.05. The molecule has 2 fully saturated rings. The molecule has 3 aromatic rings. The number of carbonyl (C=O) groups is 2. The third-order valence-corrected chi connectivity index (χ3v) is 7.05. The summed E-state index contributed by atoms with van der Waals surface area (Å²) in [6.07, 6.45) is 0.652. The lowest BCUT2D eigenvalue weighted by Crippen LogP contribution is -2.38. The number of benzene rings is 1. The van der Waals surface area contributed by atoms with E-state index in [2.05, 4.69) is 15.2 Å². The first kappa shape index (κ1) is 17.7. The first-order chi connectivity index (χ1) is 14.6. The summed E-state index contributed by atoms with van der Waals surface area (Å²) in [5.74, 6) is 1.06. The number of nitrogens with zero attached hydrogens (tertiary/aromatic N) is 3. The molecular formula is C22H23N5O3. The number of para-hydroxylation sites is 1. The summed E-state index contributed by atoms with van der Waals surface area (Å²) in [6.45, 7) is 2.55. The number of aromatic nitrogens is 3. The largest absolute Gasteiger partial charge is 0.396 e.